The molecule has 2 N–H and O–H groups in total. The number of methoxy groups -OCH3 is 2. The molecular formula is C15H34N2O2. The summed E-state index contributed by atoms with van der Waals surface area (Å²) in [7, 11) is 3.37. The van der Waals surface area contributed by atoms with Gasteiger partial charge in [-0.1, -0.05) is 27.7 Å². The molecule has 0 aromatic carbocycles. The minimum Gasteiger partial charge on any atom is -0.356 e. The minimum absolute atomic E-state index is 0.169. The summed E-state index contributed by atoms with van der Waals surface area (Å²) in [5, 5.41) is 0. The number of hydrogen-bond acceptors (Lipinski definition) is 4. The minimum atomic E-state index is -0.169. The zero-order valence-corrected chi connectivity index (χ0v) is 13.7. The second-order valence-corrected chi connectivity index (χ2v) is 5.59. The molecule has 4 nitrogen and oxygen atoms in total. The Hall–Kier alpha value is -0.160. The van der Waals surface area contributed by atoms with Gasteiger partial charge in [0, 0.05) is 45.8 Å². The fourth-order valence-electron chi connectivity index (χ4n) is 2.65. The number of nitrogens with zero attached hydrogens (tertiary/aromatic N) is 1. The van der Waals surface area contributed by atoms with Crippen molar-refractivity contribution >= 4 is 0 Å². The zero-order chi connectivity index (χ0) is 14.8. The molecule has 4 heteroatoms. The molecule has 0 aromatic rings. The maximum absolute atomic E-state index is 6.00. The lowest BCUT2D eigenvalue weighted by molar-refractivity contribution is -0.119. The van der Waals surface area contributed by atoms with Crippen LogP contribution in [0.3, 0.4) is 0 Å². The summed E-state index contributed by atoms with van der Waals surface area (Å²) >= 11 is 0. The highest BCUT2D eigenvalue weighted by atomic mass is 16.7. The van der Waals surface area contributed by atoms with Crippen LogP contribution in [-0.2, 0) is 9.47 Å². The zero-order valence-electron chi connectivity index (χ0n) is 13.7. The maximum atomic E-state index is 6.00. The first-order chi connectivity index (χ1) is 9.03. The first-order valence-electron chi connectivity index (χ1n) is 7.55. The van der Waals surface area contributed by atoms with E-state index in [4.69, 9.17) is 15.2 Å². The molecule has 0 amide bonds. The lowest BCUT2D eigenvalue weighted by Crippen LogP contribution is -2.49. The SMILES string of the molecule is CCC(CC)N(CC(C)C)C(CN)CC(OC)OC. The lowest BCUT2D eigenvalue weighted by Gasteiger charge is -2.39. The highest BCUT2D eigenvalue weighted by Crippen LogP contribution is 2.19. The molecule has 0 heterocycles. The molecule has 0 fully saturated rings. The molecule has 1 unspecified atom stereocenters. The van der Waals surface area contributed by atoms with Crippen LogP contribution >= 0.6 is 0 Å². The molecule has 0 bridgehead atoms. The van der Waals surface area contributed by atoms with Crippen molar-refractivity contribution in [3.8, 4) is 0 Å². The summed E-state index contributed by atoms with van der Waals surface area (Å²) in [6.45, 7) is 10.7. The fraction of sp³-hybridized carbons (Fsp3) is 1.00. The molecule has 0 aliphatic carbocycles. The summed E-state index contributed by atoms with van der Waals surface area (Å²) in [5.41, 5.74) is 6.00. The number of nitrogens with two attached hydrogens (primary N) is 1. The Morgan fingerprint density at radius 2 is 1.53 bits per heavy atom. The van der Waals surface area contributed by atoms with Crippen LogP contribution in [0.4, 0.5) is 0 Å². The van der Waals surface area contributed by atoms with Crippen LogP contribution in [-0.4, -0.2) is 50.6 Å². The van der Waals surface area contributed by atoms with E-state index in [1.54, 1.807) is 14.2 Å². The number of hydrogen-bond donors (Lipinski definition) is 1. The third kappa shape index (κ3) is 6.70. The van der Waals surface area contributed by atoms with Crippen molar-refractivity contribution in [2.75, 3.05) is 27.3 Å². The van der Waals surface area contributed by atoms with Crippen molar-refractivity contribution in [2.24, 2.45) is 11.7 Å². The average Bonchev–Trinajstić information content (AvgIpc) is 2.40. The smallest absolute Gasteiger partial charge is 0.158 e. The van der Waals surface area contributed by atoms with Gasteiger partial charge in [0.1, 0.15) is 0 Å². The monoisotopic (exact) mass is 274 g/mol. The molecule has 0 saturated heterocycles. The Bertz CT molecular complexity index is 204. The van der Waals surface area contributed by atoms with Crippen LogP contribution in [0.25, 0.3) is 0 Å². The largest absolute Gasteiger partial charge is 0.356 e. The van der Waals surface area contributed by atoms with E-state index in [1.807, 2.05) is 0 Å². The van der Waals surface area contributed by atoms with E-state index in [2.05, 4.69) is 32.6 Å². The van der Waals surface area contributed by atoms with Crippen molar-refractivity contribution in [3.05, 3.63) is 0 Å². The normalized spacial score (nSPS) is 14.1. The van der Waals surface area contributed by atoms with Crippen LogP contribution in [0.15, 0.2) is 0 Å². The molecule has 1 atom stereocenters. The van der Waals surface area contributed by atoms with Gasteiger partial charge in [-0.25, -0.2) is 0 Å². The third-order valence-electron chi connectivity index (χ3n) is 3.72. The number of ether oxygens (including phenoxy) is 2. The molecule has 116 valence electrons. The van der Waals surface area contributed by atoms with Crippen LogP contribution in [0, 0.1) is 5.92 Å². The summed E-state index contributed by atoms with van der Waals surface area (Å²) in [6, 6.07) is 0.905. The standard InChI is InChI=1S/C15H34N2O2/c1-7-13(8-2)17(11-12(3)4)14(10-16)9-15(18-5)19-6/h12-15H,7-11,16H2,1-6H3. The molecule has 0 aliphatic rings. The van der Waals surface area contributed by atoms with Crippen LogP contribution in [0.2, 0.25) is 0 Å². The quantitative estimate of drug-likeness (QED) is 0.588. The molecule has 19 heavy (non-hydrogen) atoms. The first-order valence-corrected chi connectivity index (χ1v) is 7.55. The van der Waals surface area contributed by atoms with Gasteiger partial charge < -0.3 is 15.2 Å². The molecule has 0 aromatic heterocycles. The van der Waals surface area contributed by atoms with Gasteiger partial charge >= 0.3 is 0 Å². The van der Waals surface area contributed by atoms with Crippen molar-refractivity contribution in [1.29, 1.82) is 0 Å². The molecule has 0 rings (SSSR count). The Morgan fingerprint density at radius 1 is 1.00 bits per heavy atom. The van der Waals surface area contributed by atoms with Crippen molar-refractivity contribution in [3.63, 3.8) is 0 Å². The van der Waals surface area contributed by atoms with Gasteiger partial charge in [0.25, 0.3) is 0 Å². The summed E-state index contributed by atoms with van der Waals surface area (Å²) in [5.74, 6) is 0.637. The van der Waals surface area contributed by atoms with Gasteiger partial charge in [0.05, 0.1) is 0 Å². The van der Waals surface area contributed by atoms with E-state index in [0.29, 0.717) is 24.5 Å². The average molecular weight is 274 g/mol. The van der Waals surface area contributed by atoms with Crippen molar-refractivity contribution in [1.82, 2.24) is 4.90 Å². The van der Waals surface area contributed by atoms with E-state index in [-0.39, 0.29) is 6.29 Å². The van der Waals surface area contributed by atoms with Gasteiger partial charge in [0.15, 0.2) is 6.29 Å². The van der Waals surface area contributed by atoms with E-state index in [1.165, 1.54) is 0 Å². The second kappa shape index (κ2) is 10.6. The Balaban J connectivity index is 4.84. The van der Waals surface area contributed by atoms with Crippen LogP contribution in [0.1, 0.15) is 47.0 Å². The highest BCUT2D eigenvalue weighted by molar-refractivity contribution is 4.80. The van der Waals surface area contributed by atoms with Gasteiger partial charge in [-0.05, 0) is 18.8 Å². The maximum Gasteiger partial charge on any atom is 0.158 e. The lowest BCUT2D eigenvalue weighted by atomic mass is 10.0. The molecule has 0 aliphatic heterocycles. The summed E-state index contributed by atoms with van der Waals surface area (Å²) in [4.78, 5) is 2.55. The third-order valence-corrected chi connectivity index (χ3v) is 3.72. The van der Waals surface area contributed by atoms with E-state index >= 15 is 0 Å². The summed E-state index contributed by atoms with van der Waals surface area (Å²) in [6.07, 6.45) is 2.97. The van der Waals surface area contributed by atoms with E-state index in [9.17, 15) is 0 Å². The topological polar surface area (TPSA) is 47.7 Å². The number of rotatable bonds is 11. The first kappa shape index (κ1) is 18.8. The van der Waals surface area contributed by atoms with Gasteiger partial charge in [-0.2, -0.15) is 0 Å². The van der Waals surface area contributed by atoms with Crippen molar-refractivity contribution < 1.29 is 9.47 Å². The Labute approximate surface area is 119 Å². The van der Waals surface area contributed by atoms with Crippen LogP contribution < -0.4 is 5.73 Å². The van der Waals surface area contributed by atoms with Gasteiger partial charge in [-0.15, -0.1) is 0 Å². The van der Waals surface area contributed by atoms with Crippen LogP contribution in [0.5, 0.6) is 0 Å². The predicted molar refractivity (Wildman–Crippen MR) is 81.2 cm³/mol. The molecule has 0 saturated carbocycles. The molecule has 0 spiro atoms. The molecule has 0 radical (unpaired) electrons. The van der Waals surface area contributed by atoms with Crippen molar-refractivity contribution in [2.45, 2.75) is 65.3 Å². The molecular weight excluding hydrogens is 240 g/mol. The Morgan fingerprint density at radius 3 is 1.84 bits per heavy atom. The van der Waals surface area contributed by atoms with E-state index in [0.717, 1.165) is 25.8 Å². The van der Waals surface area contributed by atoms with E-state index < -0.39 is 0 Å². The highest BCUT2D eigenvalue weighted by Gasteiger charge is 2.26. The van der Waals surface area contributed by atoms with Gasteiger partial charge in [0.2, 0.25) is 0 Å². The fourth-order valence-corrected chi connectivity index (χ4v) is 2.65. The van der Waals surface area contributed by atoms with Gasteiger partial charge in [-0.3, -0.25) is 4.90 Å². The predicted octanol–water partition coefficient (Wildman–Crippen LogP) is 2.47. The Kier molecular flexibility index (Phi) is 10.5. The summed E-state index contributed by atoms with van der Waals surface area (Å²) < 4.78 is 10.7. The second-order valence-electron chi connectivity index (χ2n) is 5.59.